The van der Waals surface area contributed by atoms with Crippen molar-refractivity contribution < 1.29 is 13.2 Å². The maximum atomic E-state index is 12.7. The fourth-order valence-electron chi connectivity index (χ4n) is 3.16. The number of carbonyl (C=O) groups excluding carboxylic acids is 1. The second-order valence-corrected chi connectivity index (χ2v) is 10.0. The second kappa shape index (κ2) is 8.41. The number of hydrogen-bond acceptors (Lipinski definition) is 5. The monoisotopic (exact) mass is 407 g/mol. The number of nitrogens with zero attached hydrogens (tertiary/aromatic N) is 2. The predicted octanol–water partition coefficient (Wildman–Crippen LogP) is 2.53. The zero-order valence-corrected chi connectivity index (χ0v) is 17.2. The highest BCUT2D eigenvalue weighted by atomic mass is 32.2. The quantitative estimate of drug-likeness (QED) is 0.799. The lowest BCUT2D eigenvalue weighted by molar-refractivity contribution is -0.126. The average molecular weight is 408 g/mol. The smallest absolute Gasteiger partial charge is 0.252 e. The third-order valence-corrected chi connectivity index (χ3v) is 8.00. The Bertz CT molecular complexity index is 862. The van der Waals surface area contributed by atoms with Crippen LogP contribution in [0.3, 0.4) is 0 Å². The highest BCUT2D eigenvalue weighted by Gasteiger charge is 2.33. The molecule has 0 unspecified atom stereocenters. The zero-order chi connectivity index (χ0) is 19.4. The van der Waals surface area contributed by atoms with Crippen LogP contribution in [0.2, 0.25) is 0 Å². The van der Waals surface area contributed by atoms with Crippen molar-refractivity contribution in [2.24, 2.45) is 5.92 Å². The summed E-state index contributed by atoms with van der Waals surface area (Å²) in [4.78, 5) is 14.6. The van der Waals surface area contributed by atoms with Gasteiger partial charge in [-0.05, 0) is 42.0 Å². The van der Waals surface area contributed by atoms with Gasteiger partial charge in [-0.25, -0.2) is 8.42 Å². The van der Waals surface area contributed by atoms with Crippen molar-refractivity contribution in [1.29, 1.82) is 0 Å². The van der Waals surface area contributed by atoms with E-state index in [1.807, 2.05) is 43.3 Å². The molecule has 1 saturated heterocycles. The number of benzene rings is 1. The second-order valence-electron chi connectivity index (χ2n) is 6.91. The number of carbonyl (C=O) groups is 1. The SMILES string of the molecule is CN(C)c1ccc(CNC(=O)[C@H]2CCCN(S(=O)(=O)c3cccs3)C2)cc1. The van der Waals surface area contributed by atoms with Crippen LogP contribution in [0.1, 0.15) is 18.4 Å². The molecule has 146 valence electrons. The highest BCUT2D eigenvalue weighted by molar-refractivity contribution is 7.91. The summed E-state index contributed by atoms with van der Waals surface area (Å²) >= 11 is 1.21. The molecule has 1 aliphatic rings. The number of piperidine rings is 1. The lowest BCUT2D eigenvalue weighted by atomic mass is 9.99. The van der Waals surface area contributed by atoms with E-state index in [2.05, 4.69) is 5.32 Å². The van der Waals surface area contributed by atoms with Crippen LogP contribution in [0.4, 0.5) is 5.69 Å². The van der Waals surface area contributed by atoms with Crippen LogP contribution in [0, 0.1) is 5.92 Å². The molecule has 6 nitrogen and oxygen atoms in total. The van der Waals surface area contributed by atoms with Crippen molar-refractivity contribution in [2.45, 2.75) is 23.6 Å². The Morgan fingerprint density at radius 2 is 2.00 bits per heavy atom. The average Bonchev–Trinajstić information content (AvgIpc) is 3.22. The van der Waals surface area contributed by atoms with Gasteiger partial charge in [0.25, 0.3) is 10.0 Å². The standard InChI is InChI=1S/C19H25N3O3S2/c1-21(2)17-9-7-15(8-10-17)13-20-19(23)16-5-3-11-22(14-16)27(24,25)18-6-4-12-26-18/h4,6-10,12,16H,3,5,11,13-14H2,1-2H3,(H,20,23)/t16-/m0/s1. The molecular weight excluding hydrogens is 382 g/mol. The number of amides is 1. The maximum absolute atomic E-state index is 12.7. The van der Waals surface area contributed by atoms with E-state index in [0.717, 1.165) is 11.3 Å². The van der Waals surface area contributed by atoms with Crippen molar-refractivity contribution in [2.75, 3.05) is 32.1 Å². The number of sulfonamides is 1. The minimum Gasteiger partial charge on any atom is -0.378 e. The summed E-state index contributed by atoms with van der Waals surface area (Å²) in [5.41, 5.74) is 2.12. The van der Waals surface area contributed by atoms with Crippen LogP contribution in [0.5, 0.6) is 0 Å². The molecule has 1 aromatic carbocycles. The third-order valence-electron chi connectivity index (χ3n) is 4.76. The van der Waals surface area contributed by atoms with Gasteiger partial charge in [-0.1, -0.05) is 18.2 Å². The lowest BCUT2D eigenvalue weighted by Crippen LogP contribution is -2.45. The van der Waals surface area contributed by atoms with Crippen molar-refractivity contribution in [3.05, 3.63) is 47.3 Å². The molecule has 1 N–H and O–H groups in total. The van der Waals surface area contributed by atoms with Crippen LogP contribution in [0.15, 0.2) is 46.0 Å². The Morgan fingerprint density at radius 3 is 2.63 bits per heavy atom. The summed E-state index contributed by atoms with van der Waals surface area (Å²) in [5, 5.41) is 4.71. The number of thiophene rings is 1. The Balaban J connectivity index is 1.58. The van der Waals surface area contributed by atoms with E-state index in [1.54, 1.807) is 17.5 Å². The number of anilines is 1. The first-order valence-electron chi connectivity index (χ1n) is 8.95. The molecule has 1 amide bonds. The summed E-state index contributed by atoms with van der Waals surface area (Å²) in [6.07, 6.45) is 1.40. The van der Waals surface area contributed by atoms with Crippen LogP contribution >= 0.6 is 11.3 Å². The Labute approximate surface area is 164 Å². The molecule has 3 rings (SSSR count). The van der Waals surface area contributed by atoms with E-state index in [-0.39, 0.29) is 18.4 Å². The van der Waals surface area contributed by atoms with E-state index in [1.165, 1.54) is 15.6 Å². The van der Waals surface area contributed by atoms with E-state index >= 15 is 0 Å². The molecule has 27 heavy (non-hydrogen) atoms. The van der Waals surface area contributed by atoms with E-state index < -0.39 is 10.0 Å². The van der Waals surface area contributed by atoms with Gasteiger partial charge in [0.1, 0.15) is 4.21 Å². The van der Waals surface area contributed by atoms with Crippen LogP contribution in [-0.2, 0) is 21.4 Å². The fourth-order valence-corrected chi connectivity index (χ4v) is 5.83. The molecule has 0 aliphatic carbocycles. The van der Waals surface area contributed by atoms with Gasteiger partial charge in [-0.2, -0.15) is 4.31 Å². The van der Waals surface area contributed by atoms with Crippen molar-refractivity contribution >= 4 is 33.0 Å². The van der Waals surface area contributed by atoms with Crippen molar-refractivity contribution in [3.63, 3.8) is 0 Å². The Kier molecular flexibility index (Phi) is 6.18. The fraction of sp³-hybridized carbons (Fsp3) is 0.421. The summed E-state index contributed by atoms with van der Waals surface area (Å²) in [6, 6.07) is 11.3. The summed E-state index contributed by atoms with van der Waals surface area (Å²) in [6.45, 7) is 1.16. The zero-order valence-electron chi connectivity index (χ0n) is 15.6. The van der Waals surface area contributed by atoms with E-state index in [4.69, 9.17) is 0 Å². The minimum atomic E-state index is -3.50. The minimum absolute atomic E-state index is 0.0854. The summed E-state index contributed by atoms with van der Waals surface area (Å²) in [5.74, 6) is -0.396. The van der Waals surface area contributed by atoms with Gasteiger partial charge in [-0.15, -0.1) is 11.3 Å². The molecule has 1 fully saturated rings. The maximum Gasteiger partial charge on any atom is 0.252 e. The predicted molar refractivity (Wildman–Crippen MR) is 108 cm³/mol. The molecule has 0 radical (unpaired) electrons. The van der Waals surface area contributed by atoms with E-state index in [9.17, 15) is 13.2 Å². The Morgan fingerprint density at radius 1 is 1.26 bits per heavy atom. The molecule has 2 aromatic rings. The molecule has 1 aromatic heterocycles. The lowest BCUT2D eigenvalue weighted by Gasteiger charge is -2.30. The number of hydrogen-bond donors (Lipinski definition) is 1. The number of nitrogens with one attached hydrogen (secondary N) is 1. The van der Waals surface area contributed by atoms with Gasteiger partial charge in [-0.3, -0.25) is 4.79 Å². The first-order valence-corrected chi connectivity index (χ1v) is 11.3. The first kappa shape index (κ1) is 19.9. The molecular formula is C19H25N3O3S2. The van der Waals surface area contributed by atoms with Crippen LogP contribution < -0.4 is 10.2 Å². The van der Waals surface area contributed by atoms with Gasteiger partial charge in [0, 0.05) is 39.4 Å². The highest BCUT2D eigenvalue weighted by Crippen LogP contribution is 2.26. The van der Waals surface area contributed by atoms with Gasteiger partial charge >= 0.3 is 0 Å². The van der Waals surface area contributed by atoms with Gasteiger partial charge in [0.15, 0.2) is 0 Å². The van der Waals surface area contributed by atoms with Crippen LogP contribution in [0.25, 0.3) is 0 Å². The van der Waals surface area contributed by atoms with Gasteiger partial charge in [0.05, 0.1) is 5.92 Å². The normalized spacial score (nSPS) is 18.2. The third kappa shape index (κ3) is 4.69. The largest absolute Gasteiger partial charge is 0.378 e. The summed E-state index contributed by atoms with van der Waals surface area (Å²) in [7, 11) is 0.466. The molecule has 1 atom stereocenters. The van der Waals surface area contributed by atoms with Crippen LogP contribution in [-0.4, -0.2) is 45.8 Å². The topological polar surface area (TPSA) is 69.7 Å². The molecule has 1 aliphatic heterocycles. The van der Waals surface area contributed by atoms with E-state index in [0.29, 0.717) is 30.1 Å². The number of rotatable bonds is 6. The van der Waals surface area contributed by atoms with Crippen molar-refractivity contribution in [1.82, 2.24) is 9.62 Å². The Hall–Kier alpha value is -1.90. The first-order chi connectivity index (χ1) is 12.9. The molecule has 8 heteroatoms. The summed E-state index contributed by atoms with van der Waals surface area (Å²) < 4.78 is 27.1. The molecule has 0 saturated carbocycles. The molecule has 2 heterocycles. The van der Waals surface area contributed by atoms with Crippen molar-refractivity contribution in [3.8, 4) is 0 Å². The molecule has 0 spiro atoms. The van der Waals surface area contributed by atoms with Gasteiger partial charge < -0.3 is 10.2 Å². The molecule has 0 bridgehead atoms. The van der Waals surface area contributed by atoms with Gasteiger partial charge in [0.2, 0.25) is 5.91 Å².